The van der Waals surface area contributed by atoms with Gasteiger partial charge in [0.25, 0.3) is 0 Å². The molecular weight excluding hydrogens is 202 g/mol. The molecule has 0 aromatic heterocycles. The van der Waals surface area contributed by atoms with Crippen LogP contribution in [0, 0.1) is 0 Å². The molecule has 0 aliphatic rings. The van der Waals surface area contributed by atoms with Gasteiger partial charge in [0.1, 0.15) is 0 Å². The number of nitrogens with zero attached hydrogens (tertiary/aromatic N) is 1. The van der Waals surface area contributed by atoms with Crippen molar-refractivity contribution in [2.45, 2.75) is 13.0 Å². The van der Waals surface area contributed by atoms with E-state index in [1.165, 1.54) is 4.90 Å². The van der Waals surface area contributed by atoms with Gasteiger partial charge < -0.3 is 15.9 Å². The van der Waals surface area contributed by atoms with Crippen LogP contribution in [0.5, 0.6) is 0 Å². The Hall–Kier alpha value is -1.18. The molecule has 0 aliphatic heterocycles. The normalized spacial score (nSPS) is 12.5. The Morgan fingerprint density at radius 3 is 2.13 bits per heavy atom. The van der Waals surface area contributed by atoms with Gasteiger partial charge in [0, 0.05) is 13.1 Å². The summed E-state index contributed by atoms with van der Waals surface area (Å²) < 4.78 is 0. The van der Waals surface area contributed by atoms with Crippen molar-refractivity contribution in [2.24, 2.45) is 5.73 Å². The van der Waals surface area contributed by atoms with Gasteiger partial charge >= 0.3 is 6.03 Å². The molecule has 7 heteroatoms. The number of carbonyl (C=O) groups excluding carboxylic acids is 2. The first-order valence-electron chi connectivity index (χ1n) is 4.59. The molecule has 0 rings (SSSR count). The van der Waals surface area contributed by atoms with Crippen molar-refractivity contribution in [1.29, 1.82) is 0 Å². The highest BCUT2D eigenvalue weighted by molar-refractivity contribution is 5.96. The first-order chi connectivity index (χ1) is 7.02. The lowest BCUT2D eigenvalue weighted by molar-refractivity contribution is -0.125. The van der Waals surface area contributed by atoms with E-state index < -0.39 is 18.0 Å². The lowest BCUT2D eigenvalue weighted by Crippen LogP contribution is -2.49. The maximum Gasteiger partial charge on any atom is 0.318 e. The van der Waals surface area contributed by atoms with E-state index in [1.807, 2.05) is 5.32 Å². The number of hydrogen-bond donors (Lipinski definition) is 4. The molecular formula is C8H17N3O4. The summed E-state index contributed by atoms with van der Waals surface area (Å²) in [7, 11) is 0. The van der Waals surface area contributed by atoms with Crippen LogP contribution in [0.3, 0.4) is 0 Å². The van der Waals surface area contributed by atoms with Crippen LogP contribution in [0.2, 0.25) is 0 Å². The standard InChI is InChI=1S/C8H17N3O4/c1-6(7(14)10-8(9)15)11(2-4-12)3-5-13/h6,12-13H,2-5H2,1H3,(H3,9,10,14,15). The number of amides is 3. The average molecular weight is 219 g/mol. The zero-order valence-electron chi connectivity index (χ0n) is 8.64. The van der Waals surface area contributed by atoms with Gasteiger partial charge in [0.2, 0.25) is 5.91 Å². The fraction of sp³-hybridized carbons (Fsp3) is 0.750. The third kappa shape index (κ3) is 5.31. The molecule has 0 fully saturated rings. The van der Waals surface area contributed by atoms with Gasteiger partial charge in [0.15, 0.2) is 0 Å². The molecule has 5 N–H and O–H groups in total. The summed E-state index contributed by atoms with van der Waals surface area (Å²) in [6, 6.07) is -1.54. The quantitative estimate of drug-likeness (QED) is 0.406. The Labute approximate surface area is 87.9 Å². The SMILES string of the molecule is CC(C(=O)NC(N)=O)N(CCO)CCO. The van der Waals surface area contributed by atoms with Crippen molar-refractivity contribution in [3.05, 3.63) is 0 Å². The van der Waals surface area contributed by atoms with E-state index in [0.29, 0.717) is 0 Å². The number of urea groups is 1. The Morgan fingerprint density at radius 1 is 1.33 bits per heavy atom. The number of rotatable bonds is 6. The highest BCUT2D eigenvalue weighted by Gasteiger charge is 2.21. The van der Waals surface area contributed by atoms with Crippen LogP contribution >= 0.6 is 0 Å². The van der Waals surface area contributed by atoms with Crippen LogP contribution in [-0.4, -0.2) is 59.4 Å². The van der Waals surface area contributed by atoms with Gasteiger partial charge in [-0.1, -0.05) is 0 Å². The molecule has 0 radical (unpaired) electrons. The van der Waals surface area contributed by atoms with Crippen molar-refractivity contribution in [3.63, 3.8) is 0 Å². The number of aliphatic hydroxyl groups excluding tert-OH is 2. The topological polar surface area (TPSA) is 116 Å². The average Bonchev–Trinajstić information content (AvgIpc) is 2.15. The van der Waals surface area contributed by atoms with Crippen molar-refractivity contribution < 1.29 is 19.8 Å². The highest BCUT2D eigenvalue weighted by atomic mass is 16.3. The zero-order chi connectivity index (χ0) is 11.8. The molecule has 1 unspecified atom stereocenters. The Kier molecular flexibility index (Phi) is 6.59. The van der Waals surface area contributed by atoms with Gasteiger partial charge in [-0.3, -0.25) is 15.0 Å². The van der Waals surface area contributed by atoms with E-state index in [-0.39, 0.29) is 26.3 Å². The largest absolute Gasteiger partial charge is 0.395 e. The van der Waals surface area contributed by atoms with E-state index in [1.54, 1.807) is 6.92 Å². The zero-order valence-corrected chi connectivity index (χ0v) is 8.64. The minimum atomic E-state index is -0.917. The van der Waals surface area contributed by atoms with Crippen molar-refractivity contribution in [2.75, 3.05) is 26.3 Å². The summed E-state index contributed by atoms with van der Waals surface area (Å²) in [5, 5.41) is 19.4. The summed E-state index contributed by atoms with van der Waals surface area (Å²) in [6.45, 7) is 1.79. The van der Waals surface area contributed by atoms with Gasteiger partial charge in [-0.15, -0.1) is 0 Å². The predicted octanol–water partition coefficient (Wildman–Crippen LogP) is -2.14. The number of carbonyl (C=O) groups is 2. The van der Waals surface area contributed by atoms with Gasteiger partial charge in [-0.2, -0.15) is 0 Å². The third-order valence-corrected chi connectivity index (χ3v) is 1.95. The summed E-state index contributed by atoms with van der Waals surface area (Å²) in [5.74, 6) is -0.551. The van der Waals surface area contributed by atoms with E-state index >= 15 is 0 Å². The lowest BCUT2D eigenvalue weighted by atomic mass is 10.2. The summed E-state index contributed by atoms with van der Waals surface area (Å²) in [5.41, 5.74) is 4.79. The predicted molar refractivity (Wildman–Crippen MR) is 52.9 cm³/mol. The maximum absolute atomic E-state index is 11.3. The smallest absolute Gasteiger partial charge is 0.318 e. The molecule has 0 aromatic rings. The Morgan fingerprint density at radius 2 is 1.80 bits per heavy atom. The minimum absolute atomic E-state index is 0.131. The van der Waals surface area contributed by atoms with Gasteiger partial charge in [-0.25, -0.2) is 4.79 Å². The summed E-state index contributed by atoms with van der Waals surface area (Å²) in [6.07, 6.45) is 0. The Bertz CT molecular complexity index is 216. The number of hydrogen-bond acceptors (Lipinski definition) is 5. The number of nitrogens with one attached hydrogen (secondary N) is 1. The molecule has 0 aromatic carbocycles. The molecule has 0 saturated carbocycles. The number of primary amides is 1. The van der Waals surface area contributed by atoms with Crippen LogP contribution in [-0.2, 0) is 4.79 Å². The Balaban J connectivity index is 4.26. The van der Waals surface area contributed by atoms with Crippen LogP contribution < -0.4 is 11.1 Å². The third-order valence-electron chi connectivity index (χ3n) is 1.95. The van der Waals surface area contributed by atoms with Crippen molar-refractivity contribution in [1.82, 2.24) is 10.2 Å². The number of nitrogens with two attached hydrogens (primary N) is 1. The van der Waals surface area contributed by atoms with Crippen molar-refractivity contribution >= 4 is 11.9 Å². The van der Waals surface area contributed by atoms with Crippen LogP contribution in [0.15, 0.2) is 0 Å². The van der Waals surface area contributed by atoms with E-state index in [2.05, 4.69) is 0 Å². The van der Waals surface area contributed by atoms with Crippen LogP contribution in [0.1, 0.15) is 6.92 Å². The van der Waals surface area contributed by atoms with Gasteiger partial charge in [-0.05, 0) is 6.92 Å². The van der Waals surface area contributed by atoms with Crippen LogP contribution in [0.4, 0.5) is 4.79 Å². The molecule has 88 valence electrons. The van der Waals surface area contributed by atoms with E-state index in [9.17, 15) is 9.59 Å². The molecule has 1 atom stereocenters. The molecule has 0 heterocycles. The monoisotopic (exact) mass is 219 g/mol. The minimum Gasteiger partial charge on any atom is -0.395 e. The van der Waals surface area contributed by atoms with E-state index in [0.717, 1.165) is 0 Å². The summed E-state index contributed by atoms with van der Waals surface area (Å²) >= 11 is 0. The fourth-order valence-corrected chi connectivity index (χ4v) is 1.15. The first kappa shape index (κ1) is 13.8. The highest BCUT2D eigenvalue weighted by Crippen LogP contribution is 1.98. The first-order valence-corrected chi connectivity index (χ1v) is 4.59. The fourth-order valence-electron chi connectivity index (χ4n) is 1.15. The molecule has 0 spiro atoms. The number of imide groups is 1. The second kappa shape index (κ2) is 7.16. The van der Waals surface area contributed by atoms with Crippen molar-refractivity contribution in [3.8, 4) is 0 Å². The molecule has 7 nitrogen and oxygen atoms in total. The van der Waals surface area contributed by atoms with Crippen LogP contribution in [0.25, 0.3) is 0 Å². The number of aliphatic hydroxyl groups is 2. The molecule has 15 heavy (non-hydrogen) atoms. The van der Waals surface area contributed by atoms with Gasteiger partial charge in [0.05, 0.1) is 19.3 Å². The van der Waals surface area contributed by atoms with E-state index in [4.69, 9.17) is 15.9 Å². The maximum atomic E-state index is 11.3. The second-order valence-corrected chi connectivity index (χ2v) is 3.01. The second-order valence-electron chi connectivity index (χ2n) is 3.01. The molecule has 0 aliphatic carbocycles. The molecule has 0 bridgehead atoms. The summed E-state index contributed by atoms with van der Waals surface area (Å²) in [4.78, 5) is 23.3. The lowest BCUT2D eigenvalue weighted by Gasteiger charge is -2.26. The molecule has 3 amide bonds. The molecule has 0 saturated heterocycles.